The number of benzene rings is 2. The quantitative estimate of drug-likeness (QED) is 0.416. The van der Waals surface area contributed by atoms with Gasteiger partial charge in [-0.2, -0.15) is 0 Å². The molecule has 1 fully saturated rings. The van der Waals surface area contributed by atoms with Crippen LogP contribution in [0.25, 0.3) is 6.08 Å². The molecule has 0 saturated carbocycles. The number of ether oxygens (including phenoxy) is 1. The van der Waals surface area contributed by atoms with Crippen molar-refractivity contribution in [1.82, 2.24) is 4.90 Å². The van der Waals surface area contributed by atoms with E-state index in [1.807, 2.05) is 55.5 Å². The van der Waals surface area contributed by atoms with Crippen LogP contribution in [0.2, 0.25) is 0 Å². The van der Waals surface area contributed by atoms with Gasteiger partial charge in [0.25, 0.3) is 11.1 Å². The van der Waals surface area contributed by atoms with Crippen LogP contribution in [-0.2, 0) is 11.4 Å². The average molecular weight is 479 g/mol. The van der Waals surface area contributed by atoms with Crippen LogP contribution in [0, 0.1) is 3.57 Å². The Morgan fingerprint density at radius 2 is 1.77 bits per heavy atom. The van der Waals surface area contributed by atoms with Gasteiger partial charge in [-0.3, -0.25) is 14.5 Å². The fraction of sp³-hybridized carbons (Fsp3) is 0.200. The molecule has 26 heavy (non-hydrogen) atoms. The molecule has 2 aromatic carbocycles. The van der Waals surface area contributed by atoms with Gasteiger partial charge in [-0.15, -0.1) is 0 Å². The van der Waals surface area contributed by atoms with Crippen molar-refractivity contribution < 1.29 is 14.3 Å². The van der Waals surface area contributed by atoms with Crippen LogP contribution in [0.4, 0.5) is 4.79 Å². The van der Waals surface area contributed by atoms with Crippen LogP contribution in [-0.4, -0.2) is 22.6 Å². The number of carbonyl (C=O) groups is 2. The summed E-state index contributed by atoms with van der Waals surface area (Å²) in [4.78, 5) is 25.9. The van der Waals surface area contributed by atoms with E-state index in [2.05, 4.69) is 22.6 Å². The first-order valence-electron chi connectivity index (χ1n) is 8.29. The highest BCUT2D eigenvalue weighted by atomic mass is 127. The summed E-state index contributed by atoms with van der Waals surface area (Å²) in [6, 6.07) is 15.7. The molecule has 2 aromatic rings. The maximum Gasteiger partial charge on any atom is 0.293 e. The summed E-state index contributed by atoms with van der Waals surface area (Å²) >= 11 is 3.27. The summed E-state index contributed by atoms with van der Waals surface area (Å²) in [6.45, 7) is 2.92. The Kier molecular flexibility index (Phi) is 6.37. The van der Waals surface area contributed by atoms with Gasteiger partial charge < -0.3 is 4.74 Å². The topological polar surface area (TPSA) is 46.6 Å². The van der Waals surface area contributed by atoms with Crippen molar-refractivity contribution in [3.8, 4) is 5.75 Å². The molecule has 0 aliphatic carbocycles. The summed E-state index contributed by atoms with van der Waals surface area (Å²) in [6.07, 6.45) is 2.52. The normalized spacial score (nSPS) is 15.8. The highest BCUT2D eigenvalue weighted by Gasteiger charge is 2.34. The largest absolute Gasteiger partial charge is 0.489 e. The minimum atomic E-state index is -0.208. The number of amides is 2. The SMILES string of the molecule is CCCN1C(=O)S/C(=C/c2ccc(OCc3ccc(I)cc3)cc2)C1=O. The summed E-state index contributed by atoms with van der Waals surface area (Å²) in [5.41, 5.74) is 1.98. The number of hydrogen-bond acceptors (Lipinski definition) is 4. The van der Waals surface area contributed by atoms with E-state index < -0.39 is 0 Å². The first-order valence-corrected chi connectivity index (χ1v) is 10.2. The highest BCUT2D eigenvalue weighted by Crippen LogP contribution is 2.32. The number of hydrogen-bond donors (Lipinski definition) is 0. The van der Waals surface area contributed by atoms with Crippen LogP contribution in [0.1, 0.15) is 24.5 Å². The van der Waals surface area contributed by atoms with Crippen molar-refractivity contribution in [3.05, 3.63) is 68.1 Å². The number of nitrogens with zero attached hydrogens (tertiary/aromatic N) is 1. The molecule has 1 heterocycles. The molecule has 6 heteroatoms. The molecule has 0 aromatic heterocycles. The molecule has 0 atom stereocenters. The molecule has 3 rings (SSSR count). The zero-order chi connectivity index (χ0) is 18.5. The van der Waals surface area contributed by atoms with Gasteiger partial charge in [0.2, 0.25) is 0 Å². The zero-order valence-corrected chi connectivity index (χ0v) is 17.2. The monoisotopic (exact) mass is 479 g/mol. The minimum Gasteiger partial charge on any atom is -0.489 e. The number of halogens is 1. The molecule has 2 amide bonds. The lowest BCUT2D eigenvalue weighted by atomic mass is 10.2. The third-order valence-electron chi connectivity index (χ3n) is 3.82. The Morgan fingerprint density at radius 1 is 1.08 bits per heavy atom. The highest BCUT2D eigenvalue weighted by molar-refractivity contribution is 14.1. The Balaban J connectivity index is 1.63. The number of rotatable bonds is 6. The van der Waals surface area contributed by atoms with E-state index in [9.17, 15) is 9.59 Å². The van der Waals surface area contributed by atoms with E-state index in [4.69, 9.17) is 4.74 Å². The molecule has 0 spiro atoms. The van der Waals surface area contributed by atoms with Crippen molar-refractivity contribution >= 4 is 51.6 Å². The van der Waals surface area contributed by atoms with Gasteiger partial charge in [-0.05, 0) is 82.2 Å². The number of carbonyl (C=O) groups excluding carboxylic acids is 2. The van der Waals surface area contributed by atoms with Gasteiger partial charge in [0, 0.05) is 10.1 Å². The van der Waals surface area contributed by atoms with Gasteiger partial charge >= 0.3 is 0 Å². The zero-order valence-electron chi connectivity index (χ0n) is 14.3. The molecular weight excluding hydrogens is 461 g/mol. The molecule has 0 bridgehead atoms. The Bertz CT molecular complexity index is 831. The van der Waals surface area contributed by atoms with E-state index in [1.165, 1.54) is 8.47 Å². The molecule has 1 aliphatic rings. The lowest BCUT2D eigenvalue weighted by Gasteiger charge is -2.09. The van der Waals surface area contributed by atoms with Gasteiger partial charge in [0.15, 0.2) is 0 Å². The lowest BCUT2D eigenvalue weighted by molar-refractivity contribution is -0.122. The maximum absolute atomic E-state index is 12.3. The second-order valence-corrected chi connectivity index (χ2v) is 8.06. The van der Waals surface area contributed by atoms with Gasteiger partial charge in [0.1, 0.15) is 12.4 Å². The van der Waals surface area contributed by atoms with Gasteiger partial charge in [-0.1, -0.05) is 31.2 Å². The van der Waals surface area contributed by atoms with Crippen LogP contribution >= 0.6 is 34.4 Å². The van der Waals surface area contributed by atoms with E-state index in [-0.39, 0.29) is 11.1 Å². The maximum atomic E-state index is 12.3. The fourth-order valence-corrected chi connectivity index (χ4v) is 3.70. The smallest absolute Gasteiger partial charge is 0.293 e. The van der Waals surface area contributed by atoms with E-state index in [0.717, 1.165) is 35.1 Å². The van der Waals surface area contributed by atoms with E-state index >= 15 is 0 Å². The molecule has 0 radical (unpaired) electrons. The van der Waals surface area contributed by atoms with Crippen molar-refractivity contribution in [2.24, 2.45) is 0 Å². The van der Waals surface area contributed by atoms with Crippen molar-refractivity contribution in [1.29, 1.82) is 0 Å². The molecule has 1 saturated heterocycles. The van der Waals surface area contributed by atoms with Crippen molar-refractivity contribution in [3.63, 3.8) is 0 Å². The van der Waals surface area contributed by atoms with E-state index in [0.29, 0.717) is 18.1 Å². The lowest BCUT2D eigenvalue weighted by Crippen LogP contribution is -2.28. The predicted molar refractivity (Wildman–Crippen MR) is 113 cm³/mol. The minimum absolute atomic E-state index is 0.194. The number of thioether (sulfide) groups is 1. The second kappa shape index (κ2) is 8.73. The molecule has 134 valence electrons. The fourth-order valence-electron chi connectivity index (χ4n) is 2.48. The van der Waals surface area contributed by atoms with Crippen LogP contribution in [0.15, 0.2) is 53.4 Å². The first kappa shape index (κ1) is 19.0. The van der Waals surface area contributed by atoms with Gasteiger partial charge in [0.05, 0.1) is 4.91 Å². The summed E-state index contributed by atoms with van der Waals surface area (Å²) in [5.74, 6) is 0.556. The predicted octanol–water partition coefficient (Wildman–Crippen LogP) is 5.32. The summed E-state index contributed by atoms with van der Waals surface area (Å²) < 4.78 is 6.98. The first-order chi connectivity index (χ1) is 12.6. The molecular formula is C20H18INO3S. The Morgan fingerprint density at radius 3 is 2.42 bits per heavy atom. The molecule has 4 nitrogen and oxygen atoms in total. The molecule has 0 N–H and O–H groups in total. The van der Waals surface area contributed by atoms with Crippen LogP contribution < -0.4 is 4.74 Å². The third-order valence-corrected chi connectivity index (χ3v) is 5.44. The average Bonchev–Trinajstić information content (AvgIpc) is 2.90. The Labute approximate surface area is 170 Å². The summed E-state index contributed by atoms with van der Waals surface area (Å²) in [7, 11) is 0. The van der Waals surface area contributed by atoms with Crippen LogP contribution in [0.3, 0.4) is 0 Å². The third kappa shape index (κ3) is 4.67. The molecule has 0 unspecified atom stereocenters. The van der Waals surface area contributed by atoms with Gasteiger partial charge in [-0.25, -0.2) is 0 Å². The molecule has 1 aliphatic heterocycles. The van der Waals surface area contributed by atoms with Crippen molar-refractivity contribution in [2.75, 3.05) is 6.54 Å². The summed E-state index contributed by atoms with van der Waals surface area (Å²) in [5, 5.41) is -0.194. The van der Waals surface area contributed by atoms with E-state index in [1.54, 1.807) is 6.08 Å². The Hall–Kier alpha value is -1.80. The standard InChI is InChI=1S/C20H18INO3S/c1-2-11-22-19(23)18(26-20(22)24)12-14-5-9-17(10-6-14)25-13-15-3-7-16(21)8-4-15/h3-10,12H,2,11,13H2,1H3/b18-12+. The van der Waals surface area contributed by atoms with Crippen molar-refractivity contribution in [2.45, 2.75) is 20.0 Å². The van der Waals surface area contributed by atoms with Crippen LogP contribution in [0.5, 0.6) is 5.75 Å². The number of imide groups is 1. The second-order valence-electron chi connectivity index (χ2n) is 5.82.